The molecule has 6 nitrogen and oxygen atoms in total. The maximum absolute atomic E-state index is 12.5. The van der Waals surface area contributed by atoms with Gasteiger partial charge in [0.15, 0.2) is 6.10 Å². The van der Waals surface area contributed by atoms with Gasteiger partial charge in [0, 0.05) is 5.56 Å². The van der Waals surface area contributed by atoms with Crippen molar-refractivity contribution in [2.75, 3.05) is 0 Å². The Morgan fingerprint density at radius 3 is 2.31 bits per heavy atom. The van der Waals surface area contributed by atoms with Crippen molar-refractivity contribution in [1.82, 2.24) is 0 Å². The fourth-order valence-corrected chi connectivity index (χ4v) is 3.72. The number of carbonyl (C=O) groups excluding carboxylic acids is 1. The Labute approximate surface area is 152 Å². The molecule has 1 unspecified atom stereocenters. The van der Waals surface area contributed by atoms with Crippen LogP contribution in [0.5, 0.6) is 0 Å². The molecule has 2 aromatic rings. The van der Waals surface area contributed by atoms with Gasteiger partial charge in [-0.2, -0.15) is 8.42 Å². The van der Waals surface area contributed by atoms with Crippen LogP contribution in [0.4, 0.5) is 0 Å². The molecule has 0 radical (unpaired) electrons. The molecular formula is C19H19NO5S. The van der Waals surface area contributed by atoms with Crippen molar-refractivity contribution in [1.29, 1.82) is 0 Å². The number of rotatable bonds is 6. The lowest BCUT2D eigenvalue weighted by molar-refractivity contribution is -0.123. The molecule has 2 N–H and O–H groups in total. The molecule has 26 heavy (non-hydrogen) atoms. The summed E-state index contributed by atoms with van der Waals surface area (Å²) in [7, 11) is -4.04. The average Bonchev–Trinajstić information content (AvgIpc) is 2.90. The van der Waals surface area contributed by atoms with Gasteiger partial charge in [-0.3, -0.25) is 4.79 Å². The van der Waals surface area contributed by atoms with E-state index >= 15 is 0 Å². The molecule has 0 aliphatic carbocycles. The normalized spacial score (nSPS) is 17.3. The van der Waals surface area contributed by atoms with E-state index in [1.54, 1.807) is 42.5 Å². The van der Waals surface area contributed by atoms with E-state index in [2.05, 4.69) is 0 Å². The molecule has 0 saturated heterocycles. The van der Waals surface area contributed by atoms with Gasteiger partial charge in [0.1, 0.15) is 5.75 Å². The molecule has 0 bridgehead atoms. The predicted octanol–water partition coefficient (Wildman–Crippen LogP) is 2.56. The van der Waals surface area contributed by atoms with Crippen LogP contribution in [0.3, 0.4) is 0 Å². The molecule has 1 atom stereocenters. The number of benzene rings is 2. The Morgan fingerprint density at radius 1 is 1.04 bits per heavy atom. The highest BCUT2D eigenvalue weighted by atomic mass is 32.2. The molecule has 0 spiro atoms. The third-order valence-corrected chi connectivity index (χ3v) is 5.13. The quantitative estimate of drug-likeness (QED) is 0.782. The molecule has 136 valence electrons. The van der Waals surface area contributed by atoms with Gasteiger partial charge in [-0.1, -0.05) is 61.5 Å². The first-order chi connectivity index (χ1) is 12.4. The van der Waals surface area contributed by atoms with E-state index in [0.29, 0.717) is 11.1 Å². The van der Waals surface area contributed by atoms with Crippen molar-refractivity contribution in [2.24, 2.45) is 5.73 Å². The van der Waals surface area contributed by atoms with Gasteiger partial charge in [-0.05, 0) is 17.5 Å². The van der Waals surface area contributed by atoms with Crippen molar-refractivity contribution >= 4 is 15.9 Å². The SMILES string of the molecule is CCc1ccc(C2OC(N)=C(OS(=O)(=O)Cc3ccccc3)C2=O)cc1. The van der Waals surface area contributed by atoms with Crippen LogP contribution in [-0.2, 0) is 36.0 Å². The minimum atomic E-state index is -4.04. The highest BCUT2D eigenvalue weighted by Crippen LogP contribution is 2.32. The van der Waals surface area contributed by atoms with Gasteiger partial charge in [0.2, 0.25) is 17.4 Å². The van der Waals surface area contributed by atoms with E-state index in [1.807, 2.05) is 19.1 Å². The van der Waals surface area contributed by atoms with Crippen molar-refractivity contribution in [3.05, 3.63) is 82.9 Å². The van der Waals surface area contributed by atoms with E-state index in [4.69, 9.17) is 14.7 Å². The molecule has 0 saturated carbocycles. The molecule has 7 heteroatoms. The standard InChI is InChI=1S/C19H19NO5S/c1-2-13-8-10-15(11-9-13)17-16(21)18(19(20)24-17)25-26(22,23)12-14-6-4-3-5-7-14/h3-11,17H,2,12,20H2,1H3. The molecule has 0 amide bonds. The van der Waals surface area contributed by atoms with Gasteiger partial charge >= 0.3 is 10.1 Å². The summed E-state index contributed by atoms with van der Waals surface area (Å²) >= 11 is 0. The zero-order valence-electron chi connectivity index (χ0n) is 14.2. The van der Waals surface area contributed by atoms with Gasteiger partial charge < -0.3 is 14.7 Å². The van der Waals surface area contributed by atoms with Crippen molar-refractivity contribution in [2.45, 2.75) is 25.2 Å². The number of ether oxygens (including phenoxy) is 1. The van der Waals surface area contributed by atoms with Gasteiger partial charge in [-0.25, -0.2) is 0 Å². The van der Waals surface area contributed by atoms with Crippen LogP contribution < -0.4 is 5.73 Å². The first kappa shape index (κ1) is 18.0. The minimum Gasteiger partial charge on any atom is -0.460 e. The summed E-state index contributed by atoms with van der Waals surface area (Å²) in [4.78, 5) is 12.5. The average molecular weight is 373 g/mol. The number of nitrogens with two attached hydrogens (primary N) is 1. The van der Waals surface area contributed by atoms with Crippen molar-refractivity contribution in [3.63, 3.8) is 0 Å². The highest BCUT2D eigenvalue weighted by Gasteiger charge is 2.39. The Balaban J connectivity index is 1.75. The number of Topliss-reactive ketones (excluding diaryl/α,β-unsaturated/α-hetero) is 1. The monoisotopic (exact) mass is 373 g/mol. The largest absolute Gasteiger partial charge is 0.460 e. The van der Waals surface area contributed by atoms with E-state index < -0.39 is 27.8 Å². The Bertz CT molecular complexity index is 934. The van der Waals surface area contributed by atoms with Crippen LogP contribution in [0.1, 0.15) is 29.7 Å². The van der Waals surface area contributed by atoms with Crippen molar-refractivity contribution in [3.8, 4) is 0 Å². The van der Waals surface area contributed by atoms with Crippen LogP contribution in [0.25, 0.3) is 0 Å². The van der Waals surface area contributed by atoms with Crippen molar-refractivity contribution < 1.29 is 22.1 Å². The summed E-state index contributed by atoms with van der Waals surface area (Å²) in [6.07, 6.45) is -0.130. The van der Waals surface area contributed by atoms with Gasteiger partial charge in [-0.15, -0.1) is 0 Å². The Hall–Kier alpha value is -2.80. The molecule has 1 heterocycles. The van der Waals surface area contributed by atoms with E-state index in [-0.39, 0.29) is 11.6 Å². The van der Waals surface area contributed by atoms with Crippen LogP contribution in [0, 0.1) is 0 Å². The molecular weight excluding hydrogens is 354 g/mol. The number of ketones is 1. The smallest absolute Gasteiger partial charge is 0.313 e. The zero-order chi connectivity index (χ0) is 18.7. The summed E-state index contributed by atoms with van der Waals surface area (Å²) in [6, 6.07) is 15.8. The summed E-state index contributed by atoms with van der Waals surface area (Å²) in [5, 5.41) is 0. The minimum absolute atomic E-state index is 0.323. The lowest BCUT2D eigenvalue weighted by Gasteiger charge is -2.10. The first-order valence-electron chi connectivity index (χ1n) is 8.15. The number of aryl methyl sites for hydroxylation is 1. The summed E-state index contributed by atoms with van der Waals surface area (Å²) < 4.78 is 34.8. The highest BCUT2D eigenvalue weighted by molar-refractivity contribution is 7.86. The molecule has 3 rings (SSSR count). The molecule has 0 aromatic heterocycles. The van der Waals surface area contributed by atoms with Crippen LogP contribution in [0.2, 0.25) is 0 Å². The Morgan fingerprint density at radius 2 is 1.69 bits per heavy atom. The van der Waals surface area contributed by atoms with Crippen LogP contribution >= 0.6 is 0 Å². The van der Waals surface area contributed by atoms with Gasteiger partial charge in [0.05, 0.1) is 0 Å². The van der Waals surface area contributed by atoms with Crippen LogP contribution in [-0.4, -0.2) is 14.2 Å². The second kappa shape index (κ2) is 7.21. The zero-order valence-corrected chi connectivity index (χ0v) is 15.0. The Kier molecular flexibility index (Phi) is 4.99. The maximum Gasteiger partial charge on any atom is 0.313 e. The van der Waals surface area contributed by atoms with E-state index in [1.165, 1.54) is 0 Å². The number of hydrogen-bond donors (Lipinski definition) is 1. The summed E-state index contributed by atoms with van der Waals surface area (Å²) in [5.74, 6) is -1.77. The molecule has 2 aromatic carbocycles. The topological polar surface area (TPSA) is 95.7 Å². The molecule has 1 aliphatic heterocycles. The third kappa shape index (κ3) is 3.88. The second-order valence-corrected chi connectivity index (χ2v) is 7.49. The molecule has 1 aliphatic rings. The first-order valence-corrected chi connectivity index (χ1v) is 9.73. The lowest BCUT2D eigenvalue weighted by atomic mass is 10.0. The summed E-state index contributed by atoms with van der Waals surface area (Å²) in [6.45, 7) is 2.02. The summed E-state index contributed by atoms with van der Waals surface area (Å²) in [5.41, 5.74) is 7.95. The number of carbonyl (C=O) groups is 1. The fourth-order valence-electron chi connectivity index (χ4n) is 2.64. The third-order valence-electron chi connectivity index (χ3n) is 4.02. The van der Waals surface area contributed by atoms with E-state index in [0.717, 1.165) is 12.0 Å². The second-order valence-electron chi connectivity index (χ2n) is 5.92. The lowest BCUT2D eigenvalue weighted by Crippen LogP contribution is -2.16. The fraction of sp³-hybridized carbons (Fsp3) is 0.211. The number of hydrogen-bond acceptors (Lipinski definition) is 6. The van der Waals surface area contributed by atoms with Gasteiger partial charge in [0.25, 0.3) is 0 Å². The maximum atomic E-state index is 12.5. The van der Waals surface area contributed by atoms with E-state index in [9.17, 15) is 13.2 Å². The van der Waals surface area contributed by atoms with Crippen LogP contribution in [0.15, 0.2) is 66.2 Å². The molecule has 0 fully saturated rings. The predicted molar refractivity (Wildman–Crippen MR) is 96.0 cm³/mol.